The lowest BCUT2D eigenvalue weighted by atomic mass is 9.96. The van der Waals surface area contributed by atoms with Gasteiger partial charge in [-0.15, -0.1) is 0 Å². The van der Waals surface area contributed by atoms with E-state index in [1.807, 2.05) is 58.3 Å². The molecule has 2 aromatic rings. The van der Waals surface area contributed by atoms with E-state index in [-0.39, 0.29) is 55.7 Å². The average Bonchev–Trinajstić information content (AvgIpc) is 3.30. The summed E-state index contributed by atoms with van der Waals surface area (Å²) in [6, 6.07) is 2.02. The first-order valence-corrected chi connectivity index (χ1v) is 25.1. The molecule has 4 saturated heterocycles. The number of carbonyl (C=O) groups excluding carboxylic acids is 4. The number of aryl methyl sites for hydroxylation is 1. The molecule has 0 aliphatic carbocycles. The number of likely N-dealkylation sites (tertiary alicyclic amines) is 2. The van der Waals surface area contributed by atoms with Crippen LogP contribution in [-0.4, -0.2) is 195 Å². The van der Waals surface area contributed by atoms with Gasteiger partial charge < -0.3 is 48.6 Å². The highest BCUT2D eigenvalue weighted by molar-refractivity contribution is 6.39. The number of hydrogen-bond acceptors (Lipinski definition) is 18. The molecule has 6 heterocycles. The lowest BCUT2D eigenvalue weighted by Crippen LogP contribution is -2.62. The summed E-state index contributed by atoms with van der Waals surface area (Å²) in [6.07, 6.45) is 8.26. The largest absolute Gasteiger partial charge is 0.464 e. The van der Waals surface area contributed by atoms with Crippen LogP contribution in [-0.2, 0) is 18.9 Å². The van der Waals surface area contributed by atoms with Crippen LogP contribution in [0.25, 0.3) is 0 Å². The molecule has 4 aliphatic heterocycles. The zero-order valence-corrected chi connectivity index (χ0v) is 44.9. The first-order chi connectivity index (χ1) is 32.8. The van der Waals surface area contributed by atoms with Gasteiger partial charge in [-0.1, -0.05) is 40.3 Å². The normalized spacial score (nSPS) is 21.3. The summed E-state index contributed by atoms with van der Waals surface area (Å²) in [6.45, 7) is 29.6. The van der Waals surface area contributed by atoms with Crippen LogP contribution in [0, 0.1) is 6.92 Å². The molecule has 0 unspecified atom stereocenters. The Labute approximate surface area is 435 Å². The number of anilines is 2. The van der Waals surface area contributed by atoms with Crippen molar-refractivity contribution in [2.45, 2.75) is 184 Å². The van der Waals surface area contributed by atoms with Crippen LogP contribution in [0.2, 0.25) is 12.0 Å². The van der Waals surface area contributed by atoms with E-state index in [1.54, 1.807) is 0 Å². The number of nitrogens with zero attached hydrogens (tertiary/aromatic N) is 10. The van der Waals surface area contributed by atoms with Crippen LogP contribution >= 0.6 is 11.6 Å². The Morgan fingerprint density at radius 3 is 1.33 bits per heavy atom. The van der Waals surface area contributed by atoms with Crippen molar-refractivity contribution in [3.05, 3.63) is 34.6 Å². The molecule has 22 heteroatoms. The molecule has 0 radical (unpaired) electrons. The van der Waals surface area contributed by atoms with Crippen molar-refractivity contribution < 1.29 is 48.2 Å². The van der Waals surface area contributed by atoms with Gasteiger partial charge in [-0.05, 0) is 108 Å². The second kappa shape index (κ2) is 28.2. The predicted octanol–water partition coefficient (Wildman–Crippen LogP) is 7.23. The van der Waals surface area contributed by atoms with Gasteiger partial charge in [-0.3, -0.25) is 9.80 Å². The highest BCUT2D eigenvalue weighted by atomic mass is 35.5. The Morgan fingerprint density at radius 1 is 0.667 bits per heavy atom. The number of hydrogen-bond donors (Lipinski definition) is 2. The number of carbonyl (C=O) groups is 4. The number of aromatic nitrogens is 4. The van der Waals surface area contributed by atoms with E-state index in [1.165, 1.54) is 33.4 Å². The molecule has 0 aromatic carbocycles. The zero-order valence-electron chi connectivity index (χ0n) is 44.1. The molecule has 0 bridgehead atoms. The van der Waals surface area contributed by atoms with Crippen molar-refractivity contribution in [3.63, 3.8) is 0 Å². The quantitative estimate of drug-likeness (QED) is 0.151. The number of halogens is 1. The van der Waals surface area contributed by atoms with Gasteiger partial charge in [0.1, 0.15) is 17.0 Å². The molecule has 408 valence electrons. The van der Waals surface area contributed by atoms with Crippen LogP contribution in [0.4, 0.5) is 21.2 Å². The van der Waals surface area contributed by atoms with Crippen LogP contribution in [0.3, 0.4) is 0 Å². The summed E-state index contributed by atoms with van der Waals surface area (Å²) in [5.74, 6) is 0.389. The SMILES string of the molecule is C.C.CB(O)O.CC[C@H]1CN(c2ncc(C(=O)OC)nc2C)[C@H](C)CN1C1CCN(C(=O)OC(C)(C)C)CC1.CC[C@H]1CN(c2ncc(C(=O)OC)nc2Cl)[C@H](C)CN1C1CCN(C(=O)OC(C)(C)C)CC1. The maximum Gasteiger partial charge on any atom is 0.448 e. The topological polar surface area (TPSA) is 217 Å². The van der Waals surface area contributed by atoms with Crippen molar-refractivity contribution in [2.75, 3.05) is 76.4 Å². The van der Waals surface area contributed by atoms with Crippen LogP contribution in [0.5, 0.6) is 0 Å². The molecule has 0 saturated carbocycles. The first-order valence-electron chi connectivity index (χ1n) is 24.7. The third-order valence-electron chi connectivity index (χ3n) is 12.8. The van der Waals surface area contributed by atoms with E-state index in [4.69, 9.17) is 40.6 Å². The number of piperidine rings is 2. The van der Waals surface area contributed by atoms with Gasteiger partial charge in [0.2, 0.25) is 0 Å². The number of amides is 2. The third kappa shape index (κ3) is 17.8. The van der Waals surface area contributed by atoms with E-state index in [0.717, 1.165) is 89.3 Å². The number of rotatable bonds is 8. The summed E-state index contributed by atoms with van der Waals surface area (Å²) in [5.41, 5.74) is 0.115. The van der Waals surface area contributed by atoms with E-state index in [2.05, 4.69) is 67.2 Å². The summed E-state index contributed by atoms with van der Waals surface area (Å²) >= 11 is 6.41. The maximum absolute atomic E-state index is 12.4. The van der Waals surface area contributed by atoms with E-state index >= 15 is 0 Å². The second-order valence-corrected chi connectivity index (χ2v) is 20.9. The minimum atomic E-state index is -1.17. The number of esters is 2. The van der Waals surface area contributed by atoms with Gasteiger partial charge in [0.25, 0.3) is 0 Å². The molecule has 2 amide bonds. The molecule has 2 aromatic heterocycles. The van der Waals surface area contributed by atoms with Gasteiger partial charge in [-0.25, -0.2) is 39.1 Å². The van der Waals surface area contributed by atoms with Gasteiger partial charge >= 0.3 is 31.2 Å². The molecule has 4 aliphatic rings. The van der Waals surface area contributed by atoms with Crippen molar-refractivity contribution in [2.24, 2.45) is 0 Å². The van der Waals surface area contributed by atoms with Crippen molar-refractivity contribution in [1.82, 2.24) is 39.5 Å². The van der Waals surface area contributed by atoms with Crippen molar-refractivity contribution in [1.29, 1.82) is 0 Å². The fourth-order valence-electron chi connectivity index (χ4n) is 9.47. The standard InChI is InChI=1S/C24H39N5O4.C23H36ClN5O4.CH5BO2.2CH4/c1-8-18-15-28(21-17(3)26-20(13-25-21)22(30)32-7)16(2)14-29(18)19-9-11-27(12-10-19)23(31)33-24(4,5)6;1-7-16-14-28(20-19(24)26-18(12-25-20)21(30)32-6)15(2)13-29(16)17-8-10-27(11-9-17)22(31)33-23(3,4)5;1-2(3)4;;/h13,16,18-19H,8-12,14-15H2,1-7H3;12,15-17H,7-11,13-14H2,1-6H3;3-4H,1H3;2*1H4/t16-,18+;15-,16+;;;/m11.../s1. The van der Waals surface area contributed by atoms with Gasteiger partial charge in [0.15, 0.2) is 22.4 Å². The molecule has 0 spiro atoms. The van der Waals surface area contributed by atoms with Crippen molar-refractivity contribution >= 4 is 54.5 Å². The van der Waals surface area contributed by atoms with Crippen LogP contribution < -0.4 is 9.80 Å². The van der Waals surface area contributed by atoms with Gasteiger partial charge in [0, 0.05) is 88.6 Å². The summed E-state index contributed by atoms with van der Waals surface area (Å²) in [5, 5.41) is 15.4. The molecular weight excluding hydrogens is 947 g/mol. The molecular formula is C50H88BClN10O10. The smallest absolute Gasteiger partial charge is 0.448 e. The Bertz CT molecular complexity index is 1900. The second-order valence-electron chi connectivity index (χ2n) is 20.6. The Hall–Kier alpha value is -4.57. The number of piperazine rings is 2. The number of methoxy groups -OCH3 is 2. The Balaban J connectivity index is 0.000000447. The summed E-state index contributed by atoms with van der Waals surface area (Å²) < 4.78 is 20.6. The molecule has 4 fully saturated rings. The molecule has 20 nitrogen and oxygen atoms in total. The van der Waals surface area contributed by atoms with Crippen molar-refractivity contribution in [3.8, 4) is 0 Å². The van der Waals surface area contributed by atoms with E-state index in [0.29, 0.717) is 43.1 Å². The molecule has 6 rings (SSSR count). The lowest BCUT2D eigenvalue weighted by Gasteiger charge is -2.50. The minimum absolute atomic E-state index is 0. The average molecular weight is 1040 g/mol. The highest BCUT2D eigenvalue weighted by Gasteiger charge is 2.40. The first kappa shape index (κ1) is 63.6. The fraction of sp³-hybridized carbons (Fsp3) is 0.760. The zero-order chi connectivity index (χ0) is 52.2. The maximum atomic E-state index is 12.4. The Kier molecular flexibility index (Phi) is 24.9. The summed E-state index contributed by atoms with van der Waals surface area (Å²) in [4.78, 5) is 79.3. The third-order valence-corrected chi connectivity index (χ3v) is 13.1. The monoisotopic (exact) mass is 1030 g/mol. The predicted molar refractivity (Wildman–Crippen MR) is 283 cm³/mol. The molecule has 72 heavy (non-hydrogen) atoms. The van der Waals surface area contributed by atoms with Crippen LogP contribution in [0.15, 0.2) is 12.4 Å². The van der Waals surface area contributed by atoms with Gasteiger partial charge in [0.05, 0.1) is 32.3 Å². The lowest BCUT2D eigenvalue weighted by molar-refractivity contribution is 0.00670. The van der Waals surface area contributed by atoms with Crippen LogP contribution in [0.1, 0.15) is 149 Å². The molecule has 2 N–H and O–H groups in total. The Morgan fingerprint density at radius 2 is 1.01 bits per heavy atom. The van der Waals surface area contributed by atoms with E-state index in [9.17, 15) is 19.2 Å². The number of ether oxygens (including phenoxy) is 4. The highest BCUT2D eigenvalue weighted by Crippen LogP contribution is 2.33. The van der Waals surface area contributed by atoms with Gasteiger partial charge in [-0.2, -0.15) is 0 Å². The molecule has 4 atom stereocenters. The fourth-order valence-corrected chi connectivity index (χ4v) is 9.72. The minimum Gasteiger partial charge on any atom is -0.464 e. The van der Waals surface area contributed by atoms with E-state index < -0.39 is 30.3 Å². The summed E-state index contributed by atoms with van der Waals surface area (Å²) in [7, 11) is 1.48.